The zero-order valence-corrected chi connectivity index (χ0v) is 7.64. The third kappa shape index (κ3) is 2.20. The fourth-order valence-electron chi connectivity index (χ4n) is 0.789. The van der Waals surface area contributed by atoms with Gasteiger partial charge >= 0.3 is 0 Å². The summed E-state index contributed by atoms with van der Waals surface area (Å²) in [7, 11) is -4.09. The summed E-state index contributed by atoms with van der Waals surface area (Å²) in [5.41, 5.74) is 0.659. The molecule has 0 spiro atoms. The van der Waals surface area contributed by atoms with Crippen LogP contribution in [0.15, 0.2) is 29.2 Å². The smallest absolute Gasteiger partial charge is 0.282 e. The van der Waals surface area contributed by atoms with Gasteiger partial charge in [0.25, 0.3) is 10.1 Å². The van der Waals surface area contributed by atoms with Crippen molar-refractivity contribution in [2.24, 2.45) is 0 Å². The molecule has 0 heterocycles. The van der Waals surface area contributed by atoms with Gasteiger partial charge in [0.15, 0.2) is 0 Å². The van der Waals surface area contributed by atoms with E-state index in [1.165, 1.54) is 18.2 Å². The van der Waals surface area contributed by atoms with Crippen LogP contribution in [-0.4, -0.2) is 13.0 Å². The predicted molar refractivity (Wildman–Crippen MR) is 45.8 cm³/mol. The zero-order chi connectivity index (χ0) is 9.19. The van der Waals surface area contributed by atoms with Gasteiger partial charge in [0.1, 0.15) is 0 Å². The molecule has 12 heavy (non-hydrogen) atoms. The highest BCUT2D eigenvalue weighted by Gasteiger charge is 2.08. The highest BCUT2D eigenvalue weighted by Crippen LogP contribution is 2.12. The fourth-order valence-corrected chi connectivity index (χ4v) is 1.51. The zero-order valence-electron chi connectivity index (χ0n) is 6.07. The molecule has 1 aromatic rings. The van der Waals surface area contributed by atoms with Crippen molar-refractivity contribution in [2.75, 3.05) is 0 Å². The molecule has 0 radical (unpaired) electrons. The summed E-state index contributed by atoms with van der Waals surface area (Å²) in [4.78, 5) is -0.124. The van der Waals surface area contributed by atoms with Crippen LogP contribution in [0.3, 0.4) is 0 Å². The second-order valence-corrected chi connectivity index (χ2v) is 3.94. The highest BCUT2D eigenvalue weighted by molar-refractivity contribution is 7.85. The van der Waals surface area contributed by atoms with E-state index in [9.17, 15) is 8.42 Å². The molecular weight excluding hydrogens is 200 g/mol. The van der Waals surface area contributed by atoms with Crippen LogP contribution in [0.2, 0.25) is 0 Å². The Hall–Kier alpha value is -0.580. The van der Waals surface area contributed by atoms with Crippen molar-refractivity contribution >= 4 is 21.7 Å². The van der Waals surface area contributed by atoms with Gasteiger partial charge in [0.05, 0.1) is 4.90 Å². The summed E-state index contributed by atoms with van der Waals surface area (Å²) in [6.07, 6.45) is 0. The number of halogens is 1. The molecule has 5 heteroatoms. The molecule has 0 fully saturated rings. The maximum absolute atomic E-state index is 10.6. The molecule has 3 nitrogen and oxygen atoms in total. The third-order valence-electron chi connectivity index (χ3n) is 1.35. The van der Waals surface area contributed by atoms with E-state index in [0.29, 0.717) is 5.56 Å². The van der Waals surface area contributed by atoms with Gasteiger partial charge in [-0.25, -0.2) is 0 Å². The average Bonchev–Trinajstić information content (AvgIpc) is 2.03. The average molecular weight is 207 g/mol. The van der Waals surface area contributed by atoms with Gasteiger partial charge in [0.2, 0.25) is 0 Å². The van der Waals surface area contributed by atoms with Gasteiger partial charge in [-0.1, -0.05) is 12.1 Å². The van der Waals surface area contributed by atoms with E-state index in [1.807, 2.05) is 0 Å². The van der Waals surface area contributed by atoms with E-state index < -0.39 is 10.1 Å². The van der Waals surface area contributed by atoms with Crippen molar-refractivity contribution in [3.63, 3.8) is 0 Å². The molecule has 0 aliphatic heterocycles. The van der Waals surface area contributed by atoms with Crippen LogP contribution in [0.4, 0.5) is 0 Å². The molecule has 1 rings (SSSR count). The quantitative estimate of drug-likeness (QED) is 0.592. The Labute approximate surface area is 75.7 Å². The van der Waals surface area contributed by atoms with Gasteiger partial charge in [-0.2, -0.15) is 8.42 Å². The Morgan fingerprint density at radius 2 is 2.08 bits per heavy atom. The highest BCUT2D eigenvalue weighted by atomic mass is 35.5. The first-order valence-electron chi connectivity index (χ1n) is 3.16. The van der Waals surface area contributed by atoms with E-state index >= 15 is 0 Å². The van der Waals surface area contributed by atoms with Crippen molar-refractivity contribution in [2.45, 2.75) is 10.8 Å². The monoisotopic (exact) mass is 206 g/mol. The van der Waals surface area contributed by atoms with Gasteiger partial charge in [-0.05, 0) is 17.7 Å². The number of benzene rings is 1. The summed E-state index contributed by atoms with van der Waals surface area (Å²) >= 11 is 5.47. The molecular formula is C7H7ClO3S. The minimum atomic E-state index is -4.09. The summed E-state index contributed by atoms with van der Waals surface area (Å²) in [5.74, 6) is 0.226. The molecule has 0 unspecified atom stereocenters. The lowest BCUT2D eigenvalue weighted by molar-refractivity contribution is 0.483. The van der Waals surface area contributed by atoms with E-state index in [-0.39, 0.29) is 10.8 Å². The molecule has 1 N–H and O–H groups in total. The molecule has 0 aliphatic carbocycles. The molecule has 0 bridgehead atoms. The van der Waals surface area contributed by atoms with Crippen LogP contribution in [-0.2, 0) is 16.0 Å². The summed E-state index contributed by atoms with van der Waals surface area (Å²) in [5, 5.41) is 0. The minimum Gasteiger partial charge on any atom is -0.282 e. The molecule has 1 aromatic carbocycles. The molecule has 0 amide bonds. The SMILES string of the molecule is O=S(=O)(O)c1cccc(CCl)c1. The van der Waals surface area contributed by atoms with E-state index in [0.717, 1.165) is 0 Å². The Balaban J connectivity index is 3.20. The van der Waals surface area contributed by atoms with Crippen molar-refractivity contribution in [3.05, 3.63) is 29.8 Å². The Bertz CT molecular complexity index is 372. The molecule has 0 saturated heterocycles. The first kappa shape index (κ1) is 9.51. The van der Waals surface area contributed by atoms with Crippen LogP contribution >= 0.6 is 11.6 Å². The lowest BCUT2D eigenvalue weighted by Gasteiger charge is -1.98. The van der Waals surface area contributed by atoms with Crippen LogP contribution < -0.4 is 0 Å². The van der Waals surface area contributed by atoms with Crippen molar-refractivity contribution < 1.29 is 13.0 Å². The Morgan fingerprint density at radius 1 is 1.42 bits per heavy atom. The minimum absolute atomic E-state index is 0.124. The molecule has 0 aliphatic rings. The number of alkyl halides is 1. The number of hydrogen-bond acceptors (Lipinski definition) is 2. The predicted octanol–water partition coefficient (Wildman–Crippen LogP) is 1.67. The standard InChI is InChI=1S/C7H7ClO3S/c8-5-6-2-1-3-7(4-6)12(9,10)11/h1-4H,5H2,(H,9,10,11). The van der Waals surface area contributed by atoms with E-state index in [2.05, 4.69) is 0 Å². The lowest BCUT2D eigenvalue weighted by Crippen LogP contribution is -1.98. The Morgan fingerprint density at radius 3 is 2.58 bits per heavy atom. The summed E-state index contributed by atoms with van der Waals surface area (Å²) in [6, 6.07) is 5.86. The fraction of sp³-hybridized carbons (Fsp3) is 0.143. The van der Waals surface area contributed by atoms with Crippen molar-refractivity contribution in [1.82, 2.24) is 0 Å². The van der Waals surface area contributed by atoms with Crippen LogP contribution in [0.1, 0.15) is 5.56 Å². The van der Waals surface area contributed by atoms with Gasteiger partial charge in [-0.3, -0.25) is 4.55 Å². The normalized spacial score (nSPS) is 11.5. The van der Waals surface area contributed by atoms with Gasteiger partial charge in [0, 0.05) is 5.88 Å². The lowest BCUT2D eigenvalue weighted by atomic mass is 10.2. The Kier molecular flexibility index (Phi) is 2.72. The third-order valence-corrected chi connectivity index (χ3v) is 2.51. The van der Waals surface area contributed by atoms with Crippen molar-refractivity contribution in [1.29, 1.82) is 0 Å². The van der Waals surface area contributed by atoms with Crippen LogP contribution in [0.5, 0.6) is 0 Å². The molecule has 66 valence electrons. The van der Waals surface area contributed by atoms with Gasteiger partial charge in [-0.15, -0.1) is 11.6 Å². The maximum Gasteiger partial charge on any atom is 0.294 e. The van der Waals surface area contributed by atoms with Crippen LogP contribution in [0.25, 0.3) is 0 Å². The van der Waals surface area contributed by atoms with E-state index in [4.69, 9.17) is 16.2 Å². The molecule has 0 aromatic heterocycles. The molecule has 0 atom stereocenters. The summed E-state index contributed by atoms with van der Waals surface area (Å²) < 4.78 is 29.9. The van der Waals surface area contributed by atoms with Gasteiger partial charge < -0.3 is 0 Å². The second kappa shape index (κ2) is 3.43. The van der Waals surface area contributed by atoms with Crippen LogP contribution in [0, 0.1) is 0 Å². The van der Waals surface area contributed by atoms with Crippen molar-refractivity contribution in [3.8, 4) is 0 Å². The largest absolute Gasteiger partial charge is 0.294 e. The topological polar surface area (TPSA) is 54.4 Å². The number of hydrogen-bond donors (Lipinski definition) is 1. The first-order chi connectivity index (χ1) is 5.54. The first-order valence-corrected chi connectivity index (χ1v) is 5.14. The van der Waals surface area contributed by atoms with E-state index in [1.54, 1.807) is 6.07 Å². The second-order valence-electron chi connectivity index (χ2n) is 2.26. The number of rotatable bonds is 2. The maximum atomic E-state index is 10.6. The molecule has 0 saturated carbocycles. The summed E-state index contributed by atoms with van der Waals surface area (Å²) in [6.45, 7) is 0.